The summed E-state index contributed by atoms with van der Waals surface area (Å²) >= 11 is 0. The van der Waals surface area contributed by atoms with Crippen molar-refractivity contribution in [2.45, 2.75) is 39.2 Å². The summed E-state index contributed by atoms with van der Waals surface area (Å²) in [6.07, 6.45) is 4.06. The van der Waals surface area contributed by atoms with E-state index >= 15 is 0 Å². The summed E-state index contributed by atoms with van der Waals surface area (Å²) in [5.74, 6) is -0.239. The molecule has 24 heavy (non-hydrogen) atoms. The quantitative estimate of drug-likeness (QED) is 0.737. The smallest absolute Gasteiger partial charge is 0.228 e. The molecule has 0 radical (unpaired) electrons. The fourth-order valence-electron chi connectivity index (χ4n) is 4.29. The molecule has 2 atom stereocenters. The Morgan fingerprint density at radius 1 is 1.17 bits per heavy atom. The van der Waals surface area contributed by atoms with Crippen molar-refractivity contribution in [3.05, 3.63) is 52.3 Å². The first-order chi connectivity index (χ1) is 11.3. The van der Waals surface area contributed by atoms with E-state index in [-0.39, 0.29) is 40.5 Å². The topological polar surface area (TPSA) is 63.6 Å². The summed E-state index contributed by atoms with van der Waals surface area (Å²) in [5, 5.41) is 9.68. The van der Waals surface area contributed by atoms with Crippen molar-refractivity contribution in [1.29, 1.82) is 0 Å². The van der Waals surface area contributed by atoms with E-state index in [0.717, 1.165) is 12.8 Å². The number of ether oxygens (including phenoxy) is 1. The standard InChI is InChI=1S/C20H20O4/c1-10-4-7-15-14(8-10)16-17(22)12-6-5-11(21)9-13(12)18(23)19(16)24-20(15,2)3/h5-6,8-9,14-15,21H,4,7H2,1-3H3/t14-,15+/m1/s1. The second-order valence-corrected chi connectivity index (χ2v) is 7.52. The van der Waals surface area contributed by atoms with Crippen LogP contribution in [0.25, 0.3) is 0 Å². The molecular weight excluding hydrogens is 304 g/mol. The maximum Gasteiger partial charge on any atom is 0.228 e. The molecule has 1 aliphatic heterocycles. The number of allylic oxidation sites excluding steroid dienone is 4. The van der Waals surface area contributed by atoms with Crippen molar-refractivity contribution in [2.75, 3.05) is 0 Å². The normalized spacial score (nSPS) is 27.7. The first-order valence-electron chi connectivity index (χ1n) is 8.32. The molecule has 4 rings (SSSR count). The third kappa shape index (κ3) is 1.98. The van der Waals surface area contributed by atoms with Crippen molar-refractivity contribution in [3.8, 4) is 5.75 Å². The number of ketones is 2. The van der Waals surface area contributed by atoms with Crippen molar-refractivity contribution in [2.24, 2.45) is 11.8 Å². The van der Waals surface area contributed by atoms with Gasteiger partial charge in [-0.25, -0.2) is 0 Å². The number of carbonyl (C=O) groups excluding carboxylic acids is 2. The van der Waals surface area contributed by atoms with Crippen LogP contribution in [0.1, 0.15) is 54.3 Å². The van der Waals surface area contributed by atoms with Gasteiger partial charge in [-0.3, -0.25) is 9.59 Å². The van der Waals surface area contributed by atoms with E-state index in [4.69, 9.17) is 4.74 Å². The number of hydrogen-bond donors (Lipinski definition) is 1. The fourth-order valence-corrected chi connectivity index (χ4v) is 4.29. The second kappa shape index (κ2) is 4.82. The Morgan fingerprint density at radius 2 is 1.92 bits per heavy atom. The molecule has 1 heterocycles. The molecule has 2 aliphatic carbocycles. The Balaban J connectivity index is 1.94. The third-order valence-corrected chi connectivity index (χ3v) is 5.53. The van der Waals surface area contributed by atoms with Crippen molar-refractivity contribution in [1.82, 2.24) is 0 Å². The Hall–Kier alpha value is -2.36. The molecule has 0 amide bonds. The number of benzene rings is 1. The van der Waals surface area contributed by atoms with E-state index < -0.39 is 5.60 Å². The summed E-state index contributed by atoms with van der Waals surface area (Å²) in [6.45, 7) is 6.04. The highest BCUT2D eigenvalue weighted by molar-refractivity contribution is 6.26. The van der Waals surface area contributed by atoms with Crippen LogP contribution in [-0.4, -0.2) is 22.3 Å². The summed E-state index contributed by atoms with van der Waals surface area (Å²) < 4.78 is 6.06. The van der Waals surface area contributed by atoms with Crippen LogP contribution in [0.4, 0.5) is 0 Å². The predicted octanol–water partition coefficient (Wildman–Crippen LogP) is 3.81. The number of aromatic hydroxyl groups is 1. The number of fused-ring (bicyclic) bond motifs is 3. The fraction of sp³-hybridized carbons (Fsp3) is 0.400. The van der Waals surface area contributed by atoms with Gasteiger partial charge in [-0.2, -0.15) is 0 Å². The minimum absolute atomic E-state index is 0.0275. The molecule has 0 unspecified atom stereocenters. The molecule has 124 valence electrons. The van der Waals surface area contributed by atoms with Crippen LogP contribution in [-0.2, 0) is 4.74 Å². The van der Waals surface area contributed by atoms with E-state index in [1.165, 1.54) is 23.8 Å². The van der Waals surface area contributed by atoms with Crippen molar-refractivity contribution < 1.29 is 19.4 Å². The second-order valence-electron chi connectivity index (χ2n) is 7.52. The summed E-state index contributed by atoms with van der Waals surface area (Å²) in [6, 6.07) is 4.33. The van der Waals surface area contributed by atoms with Crippen LogP contribution in [0.2, 0.25) is 0 Å². The molecule has 4 nitrogen and oxygen atoms in total. The minimum atomic E-state index is -0.509. The van der Waals surface area contributed by atoms with Crippen LogP contribution in [0.3, 0.4) is 0 Å². The highest BCUT2D eigenvalue weighted by Gasteiger charge is 2.50. The van der Waals surface area contributed by atoms with Gasteiger partial charge in [-0.1, -0.05) is 11.6 Å². The lowest BCUT2D eigenvalue weighted by molar-refractivity contribution is -0.0493. The van der Waals surface area contributed by atoms with Gasteiger partial charge in [0.1, 0.15) is 11.4 Å². The minimum Gasteiger partial charge on any atom is -0.508 e. The van der Waals surface area contributed by atoms with E-state index in [1.807, 2.05) is 13.8 Å². The van der Waals surface area contributed by atoms with Gasteiger partial charge in [-0.15, -0.1) is 0 Å². The summed E-state index contributed by atoms with van der Waals surface area (Å²) in [4.78, 5) is 26.0. The predicted molar refractivity (Wildman–Crippen MR) is 88.9 cm³/mol. The molecule has 0 spiro atoms. The number of phenolic OH excluding ortho intramolecular Hbond substituents is 1. The van der Waals surface area contributed by atoms with Crippen LogP contribution >= 0.6 is 0 Å². The summed E-state index contributed by atoms with van der Waals surface area (Å²) in [5.41, 5.74) is 1.81. The molecule has 4 heteroatoms. The van der Waals surface area contributed by atoms with Crippen LogP contribution in [0, 0.1) is 11.8 Å². The monoisotopic (exact) mass is 324 g/mol. The van der Waals surface area contributed by atoms with E-state index in [1.54, 1.807) is 0 Å². The zero-order valence-electron chi connectivity index (χ0n) is 14.1. The van der Waals surface area contributed by atoms with Crippen molar-refractivity contribution >= 4 is 11.6 Å². The van der Waals surface area contributed by atoms with Gasteiger partial charge >= 0.3 is 0 Å². The molecule has 3 aliphatic rings. The molecule has 1 aromatic carbocycles. The average Bonchev–Trinajstić information content (AvgIpc) is 2.51. The Kier molecular flexibility index (Phi) is 3.05. The maximum atomic E-state index is 13.1. The van der Waals surface area contributed by atoms with E-state index in [9.17, 15) is 14.7 Å². The van der Waals surface area contributed by atoms with Gasteiger partial charge in [0.2, 0.25) is 5.78 Å². The van der Waals surface area contributed by atoms with Gasteiger partial charge in [0, 0.05) is 23.0 Å². The lowest BCUT2D eigenvalue weighted by Crippen LogP contribution is -2.48. The number of rotatable bonds is 0. The Morgan fingerprint density at radius 3 is 2.67 bits per heavy atom. The highest BCUT2D eigenvalue weighted by Crippen LogP contribution is 2.50. The molecule has 1 N–H and O–H groups in total. The largest absolute Gasteiger partial charge is 0.508 e. The molecule has 0 saturated heterocycles. The van der Waals surface area contributed by atoms with Gasteiger partial charge in [0.15, 0.2) is 11.5 Å². The molecule has 0 bridgehead atoms. The van der Waals surface area contributed by atoms with Crippen LogP contribution in [0.5, 0.6) is 5.75 Å². The molecule has 0 saturated carbocycles. The van der Waals surface area contributed by atoms with Gasteiger partial charge < -0.3 is 9.84 Å². The number of Topliss-reactive ketones (excluding diaryl/α,β-unsaturated/α-hetero) is 2. The molecule has 0 aromatic heterocycles. The van der Waals surface area contributed by atoms with Gasteiger partial charge in [0.05, 0.1) is 5.57 Å². The molecular formula is C20H20O4. The zero-order valence-corrected chi connectivity index (χ0v) is 14.1. The highest BCUT2D eigenvalue weighted by atomic mass is 16.5. The third-order valence-electron chi connectivity index (χ3n) is 5.53. The van der Waals surface area contributed by atoms with Crippen molar-refractivity contribution in [3.63, 3.8) is 0 Å². The lowest BCUT2D eigenvalue weighted by Gasteiger charge is -2.47. The Bertz CT molecular complexity index is 841. The first-order valence-corrected chi connectivity index (χ1v) is 8.32. The number of phenols is 1. The van der Waals surface area contributed by atoms with Crippen LogP contribution in [0.15, 0.2) is 41.2 Å². The number of carbonyl (C=O) groups is 2. The SMILES string of the molecule is CC1=C[C@H]2C3=C(OC(C)(C)[C@H]2CC1)C(=O)c1cc(O)ccc1C3=O. The van der Waals surface area contributed by atoms with Crippen LogP contribution < -0.4 is 0 Å². The van der Waals surface area contributed by atoms with E-state index in [2.05, 4.69) is 13.0 Å². The first kappa shape index (κ1) is 15.2. The Labute approximate surface area is 140 Å². The van der Waals surface area contributed by atoms with Gasteiger partial charge in [0.25, 0.3) is 0 Å². The lowest BCUT2D eigenvalue weighted by atomic mass is 9.65. The molecule has 1 aromatic rings. The van der Waals surface area contributed by atoms with E-state index in [0.29, 0.717) is 11.1 Å². The van der Waals surface area contributed by atoms with Gasteiger partial charge in [-0.05, 0) is 51.8 Å². The zero-order chi connectivity index (χ0) is 17.2. The maximum absolute atomic E-state index is 13.1. The number of hydrogen-bond acceptors (Lipinski definition) is 4. The average molecular weight is 324 g/mol. The molecule has 0 fully saturated rings. The summed E-state index contributed by atoms with van der Waals surface area (Å²) in [7, 11) is 0.